The molecule has 0 saturated carbocycles. The van der Waals surface area contributed by atoms with E-state index in [-0.39, 0.29) is 5.56 Å². The summed E-state index contributed by atoms with van der Waals surface area (Å²) in [6, 6.07) is 0. The monoisotopic (exact) mass is 334 g/mol. The van der Waals surface area contributed by atoms with Crippen LogP contribution < -0.4 is 21.5 Å². The predicted molar refractivity (Wildman–Crippen MR) is 94.8 cm³/mol. The Morgan fingerprint density at radius 3 is 2.58 bits per heavy atom. The van der Waals surface area contributed by atoms with E-state index in [0.717, 1.165) is 51.5 Å². The van der Waals surface area contributed by atoms with Crippen molar-refractivity contribution in [1.82, 2.24) is 24.4 Å². The van der Waals surface area contributed by atoms with Gasteiger partial charge < -0.3 is 14.8 Å². The summed E-state index contributed by atoms with van der Waals surface area (Å²) >= 11 is 0. The molecule has 1 aliphatic rings. The van der Waals surface area contributed by atoms with E-state index in [4.69, 9.17) is 0 Å². The number of nitrogens with one attached hydrogen (secondary N) is 2. The van der Waals surface area contributed by atoms with Crippen LogP contribution >= 0.6 is 0 Å². The highest BCUT2D eigenvalue weighted by atomic mass is 16.2. The normalized spacial score (nSPS) is 15.3. The lowest BCUT2D eigenvalue weighted by Gasteiger charge is -2.28. The van der Waals surface area contributed by atoms with Gasteiger partial charge in [-0.05, 0) is 6.42 Å². The van der Waals surface area contributed by atoms with Crippen molar-refractivity contribution in [3.8, 4) is 0 Å². The highest BCUT2D eigenvalue weighted by Crippen LogP contribution is 2.21. The fourth-order valence-corrected chi connectivity index (χ4v) is 3.24. The van der Waals surface area contributed by atoms with Crippen molar-refractivity contribution in [2.75, 3.05) is 31.1 Å². The Morgan fingerprint density at radius 1 is 1.12 bits per heavy atom. The molecule has 8 heteroatoms. The molecule has 0 unspecified atom stereocenters. The van der Waals surface area contributed by atoms with Crippen molar-refractivity contribution in [2.24, 2.45) is 7.05 Å². The standard InChI is InChI=1S/C16H26N6O2/c1-3-4-5-6-9-22-12-13(20(2)16(24)19-14(12)23)18-15(22)21-10-7-17-8-11-21/h17H,3-11H2,1-2H3,(H,19,23,24). The number of nitrogens with zero attached hydrogens (tertiary/aromatic N) is 4. The summed E-state index contributed by atoms with van der Waals surface area (Å²) in [5.74, 6) is 0.801. The van der Waals surface area contributed by atoms with Crippen LogP contribution in [0.25, 0.3) is 11.2 Å². The topological polar surface area (TPSA) is 88.0 Å². The minimum Gasteiger partial charge on any atom is -0.340 e. The van der Waals surface area contributed by atoms with Gasteiger partial charge >= 0.3 is 5.69 Å². The molecule has 1 fully saturated rings. The lowest BCUT2D eigenvalue weighted by atomic mass is 10.2. The van der Waals surface area contributed by atoms with Gasteiger partial charge in [-0.15, -0.1) is 0 Å². The van der Waals surface area contributed by atoms with E-state index >= 15 is 0 Å². The molecule has 24 heavy (non-hydrogen) atoms. The van der Waals surface area contributed by atoms with Gasteiger partial charge in [0.05, 0.1) is 0 Å². The van der Waals surface area contributed by atoms with Crippen molar-refractivity contribution in [1.29, 1.82) is 0 Å². The summed E-state index contributed by atoms with van der Waals surface area (Å²) in [4.78, 5) is 33.5. The zero-order valence-corrected chi connectivity index (χ0v) is 14.5. The SMILES string of the molecule is CCCCCCn1c(N2CCNCC2)nc2c1c(=O)[nH]c(=O)n2C. The summed E-state index contributed by atoms with van der Waals surface area (Å²) in [6.07, 6.45) is 4.48. The lowest BCUT2D eigenvalue weighted by molar-refractivity contribution is 0.549. The van der Waals surface area contributed by atoms with Gasteiger partial charge in [-0.25, -0.2) is 4.79 Å². The molecule has 0 aromatic carbocycles. The van der Waals surface area contributed by atoms with Crippen LogP contribution in [-0.4, -0.2) is 45.3 Å². The van der Waals surface area contributed by atoms with E-state index in [1.54, 1.807) is 7.05 Å². The highest BCUT2D eigenvalue weighted by Gasteiger charge is 2.22. The van der Waals surface area contributed by atoms with E-state index in [1.165, 1.54) is 17.4 Å². The zero-order valence-electron chi connectivity index (χ0n) is 14.5. The number of unbranched alkanes of at least 4 members (excludes halogenated alkanes) is 3. The molecule has 2 aromatic heterocycles. The van der Waals surface area contributed by atoms with Crippen LogP contribution in [0.15, 0.2) is 9.59 Å². The molecule has 8 nitrogen and oxygen atoms in total. The number of imidazole rings is 1. The van der Waals surface area contributed by atoms with Crippen LogP contribution in [0, 0.1) is 0 Å². The van der Waals surface area contributed by atoms with Crippen LogP contribution in [0.4, 0.5) is 5.95 Å². The number of H-pyrrole nitrogens is 1. The number of hydrogen-bond acceptors (Lipinski definition) is 5. The quantitative estimate of drug-likeness (QED) is 0.747. The van der Waals surface area contributed by atoms with E-state index in [2.05, 4.69) is 27.1 Å². The van der Waals surface area contributed by atoms with Crippen LogP contribution in [0.3, 0.4) is 0 Å². The second-order valence-electron chi connectivity index (χ2n) is 6.35. The van der Waals surface area contributed by atoms with Crippen LogP contribution in [0.5, 0.6) is 0 Å². The van der Waals surface area contributed by atoms with Crippen LogP contribution in [0.2, 0.25) is 0 Å². The van der Waals surface area contributed by atoms with Crippen molar-refractivity contribution < 1.29 is 0 Å². The van der Waals surface area contributed by atoms with E-state index in [9.17, 15) is 9.59 Å². The lowest BCUT2D eigenvalue weighted by Crippen LogP contribution is -2.44. The summed E-state index contributed by atoms with van der Waals surface area (Å²) in [6.45, 7) is 6.42. The maximum absolute atomic E-state index is 12.4. The molecule has 0 amide bonds. The van der Waals surface area contributed by atoms with Crippen LogP contribution in [0.1, 0.15) is 32.6 Å². The number of aryl methyl sites for hydroxylation is 2. The summed E-state index contributed by atoms with van der Waals surface area (Å²) in [7, 11) is 1.65. The minimum atomic E-state index is -0.421. The molecule has 0 bridgehead atoms. The van der Waals surface area contributed by atoms with E-state index in [0.29, 0.717) is 11.2 Å². The molecule has 2 aromatic rings. The molecule has 2 N–H and O–H groups in total. The molecular weight excluding hydrogens is 308 g/mol. The first-order valence-corrected chi connectivity index (χ1v) is 8.78. The fraction of sp³-hybridized carbons (Fsp3) is 0.688. The second kappa shape index (κ2) is 7.21. The largest absolute Gasteiger partial charge is 0.340 e. The molecule has 3 heterocycles. The summed E-state index contributed by atoms with van der Waals surface area (Å²) in [5, 5.41) is 3.33. The smallest absolute Gasteiger partial charge is 0.329 e. The van der Waals surface area contributed by atoms with Gasteiger partial charge in [-0.2, -0.15) is 4.98 Å². The number of fused-ring (bicyclic) bond motifs is 1. The Morgan fingerprint density at radius 2 is 1.88 bits per heavy atom. The Bertz CT molecular complexity index is 812. The molecule has 1 aliphatic heterocycles. The third kappa shape index (κ3) is 3.10. The van der Waals surface area contributed by atoms with E-state index in [1.807, 2.05) is 4.57 Å². The Balaban J connectivity index is 2.07. The van der Waals surface area contributed by atoms with Gasteiger partial charge in [-0.1, -0.05) is 26.2 Å². The van der Waals surface area contributed by atoms with Gasteiger partial charge in [0, 0.05) is 39.8 Å². The first-order valence-electron chi connectivity index (χ1n) is 8.78. The average Bonchev–Trinajstić information content (AvgIpc) is 2.98. The number of aromatic nitrogens is 4. The molecular formula is C16H26N6O2. The minimum absolute atomic E-state index is 0.350. The number of piperazine rings is 1. The first kappa shape index (κ1) is 16.8. The average molecular weight is 334 g/mol. The fourth-order valence-electron chi connectivity index (χ4n) is 3.24. The maximum atomic E-state index is 12.4. The molecule has 132 valence electrons. The number of anilines is 1. The maximum Gasteiger partial charge on any atom is 0.329 e. The number of aromatic amines is 1. The Hall–Kier alpha value is -2.09. The van der Waals surface area contributed by atoms with Gasteiger partial charge in [-0.3, -0.25) is 14.3 Å². The van der Waals surface area contributed by atoms with Crippen LogP contribution in [-0.2, 0) is 13.6 Å². The number of rotatable bonds is 6. The molecule has 0 atom stereocenters. The van der Waals surface area contributed by atoms with Crippen molar-refractivity contribution >= 4 is 17.1 Å². The zero-order chi connectivity index (χ0) is 17.1. The van der Waals surface area contributed by atoms with Crippen molar-refractivity contribution in [3.63, 3.8) is 0 Å². The third-order valence-electron chi connectivity index (χ3n) is 4.62. The highest BCUT2D eigenvalue weighted by molar-refractivity contribution is 5.74. The third-order valence-corrected chi connectivity index (χ3v) is 4.62. The molecule has 3 rings (SSSR count). The molecule has 0 spiro atoms. The Labute approximate surface area is 140 Å². The van der Waals surface area contributed by atoms with Gasteiger partial charge in [0.2, 0.25) is 5.95 Å². The predicted octanol–water partition coefficient (Wildman–Crippen LogP) is 0.413. The molecule has 1 saturated heterocycles. The Kier molecular flexibility index (Phi) is 5.03. The van der Waals surface area contributed by atoms with E-state index < -0.39 is 5.69 Å². The molecule has 0 aliphatic carbocycles. The second-order valence-corrected chi connectivity index (χ2v) is 6.35. The van der Waals surface area contributed by atoms with Gasteiger partial charge in [0.1, 0.15) is 0 Å². The molecule has 0 radical (unpaired) electrons. The van der Waals surface area contributed by atoms with Gasteiger partial charge in [0.25, 0.3) is 5.56 Å². The van der Waals surface area contributed by atoms with Gasteiger partial charge in [0.15, 0.2) is 11.2 Å². The number of hydrogen-bond donors (Lipinski definition) is 2. The summed E-state index contributed by atoms with van der Waals surface area (Å²) in [5.41, 5.74) is 0.197. The van der Waals surface area contributed by atoms with Crippen molar-refractivity contribution in [2.45, 2.75) is 39.2 Å². The summed E-state index contributed by atoms with van der Waals surface area (Å²) < 4.78 is 3.42. The van der Waals surface area contributed by atoms with Crippen molar-refractivity contribution in [3.05, 3.63) is 20.8 Å². The first-order chi connectivity index (χ1) is 11.6.